The zero-order valence-corrected chi connectivity index (χ0v) is 26.4. The smallest absolute Gasteiger partial charge is 0.148 e. The van der Waals surface area contributed by atoms with Crippen LogP contribution in [0.4, 0.5) is 0 Å². The molecule has 41 heavy (non-hydrogen) atoms. The lowest BCUT2D eigenvalue weighted by molar-refractivity contribution is -0.0118. The first-order valence-corrected chi connectivity index (χ1v) is 15.0. The number of methoxy groups -OCH3 is 2. The largest absolute Gasteiger partial charge is 0.508 e. The third kappa shape index (κ3) is 4.82. The van der Waals surface area contributed by atoms with Crippen LogP contribution in [0.5, 0.6) is 40.2 Å². The van der Waals surface area contributed by atoms with Crippen molar-refractivity contribution in [2.24, 2.45) is 5.92 Å². The minimum absolute atomic E-state index is 0.0556. The molecule has 4 aromatic carbocycles. The zero-order chi connectivity index (χ0) is 28.8. The highest BCUT2D eigenvalue weighted by atomic mass is 127. The standard InChI is InChI=1S/C32H26I2O7/c1-38-22-14-20(36)27(33)31-24(22)19(13-10-16-8-11-18(35)12-9-16)25-29(17-6-4-3-5-7-17)40-32-26(30(25)41-31)23(39-2)15-21(37)28(32)34/h3-15,19,25,29-30,35-37H,1-2H3/b13-10+/t19-,25-,29-,30-/m1/s1. The molecule has 0 radical (unpaired) electrons. The summed E-state index contributed by atoms with van der Waals surface area (Å²) in [7, 11) is 3.13. The van der Waals surface area contributed by atoms with Crippen LogP contribution in [-0.2, 0) is 0 Å². The van der Waals surface area contributed by atoms with Gasteiger partial charge in [-0.2, -0.15) is 0 Å². The molecule has 6 rings (SSSR count). The van der Waals surface area contributed by atoms with Crippen molar-refractivity contribution in [3.63, 3.8) is 0 Å². The molecule has 0 aromatic heterocycles. The first-order valence-electron chi connectivity index (χ1n) is 12.9. The second-order valence-electron chi connectivity index (χ2n) is 9.85. The van der Waals surface area contributed by atoms with E-state index in [9.17, 15) is 15.3 Å². The molecular weight excluding hydrogens is 750 g/mol. The summed E-state index contributed by atoms with van der Waals surface area (Å²) in [6.45, 7) is 0. The van der Waals surface area contributed by atoms with Crippen molar-refractivity contribution in [2.75, 3.05) is 14.2 Å². The number of phenolic OH excluding ortho intramolecular Hbond substituents is 3. The van der Waals surface area contributed by atoms with Gasteiger partial charge >= 0.3 is 0 Å². The summed E-state index contributed by atoms with van der Waals surface area (Å²) in [5.41, 5.74) is 3.35. The van der Waals surface area contributed by atoms with Gasteiger partial charge in [-0.3, -0.25) is 0 Å². The van der Waals surface area contributed by atoms with Crippen LogP contribution in [-0.4, -0.2) is 29.5 Å². The predicted octanol–water partition coefficient (Wildman–Crippen LogP) is 7.71. The number of fused-ring (bicyclic) bond motifs is 4. The Hall–Kier alpha value is -3.32. The average molecular weight is 776 g/mol. The Morgan fingerprint density at radius 2 is 1.29 bits per heavy atom. The van der Waals surface area contributed by atoms with E-state index in [0.717, 1.165) is 16.7 Å². The summed E-state index contributed by atoms with van der Waals surface area (Å²) in [4.78, 5) is 0. The van der Waals surface area contributed by atoms with E-state index < -0.39 is 12.2 Å². The number of hydrogen-bond donors (Lipinski definition) is 3. The highest BCUT2D eigenvalue weighted by Gasteiger charge is 2.52. The Morgan fingerprint density at radius 1 is 0.732 bits per heavy atom. The molecule has 0 saturated heterocycles. The summed E-state index contributed by atoms with van der Waals surface area (Å²) in [6.07, 6.45) is 3.08. The van der Waals surface area contributed by atoms with Gasteiger partial charge in [0.05, 0.1) is 32.8 Å². The summed E-state index contributed by atoms with van der Waals surface area (Å²) in [6, 6.07) is 20.1. The molecule has 2 aliphatic heterocycles. The topological polar surface area (TPSA) is 97.6 Å². The molecule has 4 atom stereocenters. The van der Waals surface area contributed by atoms with Gasteiger partial charge in [0.15, 0.2) is 0 Å². The van der Waals surface area contributed by atoms with E-state index >= 15 is 0 Å². The van der Waals surface area contributed by atoms with Crippen molar-refractivity contribution in [2.45, 2.75) is 18.1 Å². The predicted molar refractivity (Wildman–Crippen MR) is 171 cm³/mol. The normalized spacial score (nSPS) is 20.8. The quantitative estimate of drug-likeness (QED) is 0.179. The molecule has 0 bridgehead atoms. The number of halogens is 2. The SMILES string of the molecule is COc1cc(O)c(I)c2c1[C@@H](/C=C/c1ccc(O)cc1)[C@@H]1[C@@H](c3ccccc3)Oc3c(I)c(O)cc(OC)c3[C@@H]1O2. The molecule has 7 nitrogen and oxygen atoms in total. The Balaban J connectivity index is 1.64. The maximum absolute atomic E-state index is 10.8. The van der Waals surface area contributed by atoms with Crippen LogP contribution in [0.25, 0.3) is 6.08 Å². The number of ether oxygens (including phenoxy) is 4. The minimum Gasteiger partial charge on any atom is -0.508 e. The van der Waals surface area contributed by atoms with Gasteiger partial charge in [-0.1, -0.05) is 54.6 Å². The molecule has 0 aliphatic carbocycles. The van der Waals surface area contributed by atoms with Crippen LogP contribution in [0.2, 0.25) is 0 Å². The fourth-order valence-electron chi connectivity index (χ4n) is 5.72. The van der Waals surface area contributed by atoms with Crippen LogP contribution in [0.1, 0.15) is 40.4 Å². The third-order valence-corrected chi connectivity index (χ3v) is 9.67. The fraction of sp³-hybridized carbons (Fsp3) is 0.188. The first-order chi connectivity index (χ1) is 19.8. The molecule has 0 saturated carbocycles. The number of aromatic hydroxyl groups is 3. The molecule has 4 aromatic rings. The van der Waals surface area contributed by atoms with Crippen LogP contribution in [0.3, 0.4) is 0 Å². The molecule has 3 N–H and O–H groups in total. The Labute approximate surface area is 264 Å². The second-order valence-corrected chi connectivity index (χ2v) is 12.0. The lowest BCUT2D eigenvalue weighted by Gasteiger charge is -2.47. The molecule has 0 amide bonds. The fourth-order valence-corrected chi connectivity index (χ4v) is 6.87. The molecule has 9 heteroatoms. The summed E-state index contributed by atoms with van der Waals surface area (Å²) < 4.78 is 26.3. The van der Waals surface area contributed by atoms with Gasteiger partial charge in [-0.25, -0.2) is 0 Å². The van der Waals surface area contributed by atoms with Gasteiger partial charge in [-0.05, 0) is 68.4 Å². The molecule has 2 aliphatic rings. The monoisotopic (exact) mass is 776 g/mol. The van der Waals surface area contributed by atoms with E-state index in [1.54, 1.807) is 38.5 Å². The van der Waals surface area contributed by atoms with E-state index in [4.69, 9.17) is 18.9 Å². The van der Waals surface area contributed by atoms with E-state index in [2.05, 4.69) is 51.3 Å². The Kier molecular flexibility index (Phi) is 7.58. The van der Waals surface area contributed by atoms with Crippen molar-refractivity contribution >= 4 is 51.3 Å². The number of rotatable bonds is 5. The Morgan fingerprint density at radius 3 is 1.90 bits per heavy atom. The zero-order valence-electron chi connectivity index (χ0n) is 22.0. The van der Waals surface area contributed by atoms with Gasteiger partial charge in [0.1, 0.15) is 52.5 Å². The summed E-state index contributed by atoms with van der Waals surface area (Å²) >= 11 is 4.19. The van der Waals surface area contributed by atoms with E-state index in [1.165, 1.54) is 0 Å². The molecular formula is C32H26I2O7. The van der Waals surface area contributed by atoms with Crippen LogP contribution in [0, 0.1) is 13.1 Å². The maximum atomic E-state index is 10.8. The highest BCUT2D eigenvalue weighted by Crippen LogP contribution is 2.63. The van der Waals surface area contributed by atoms with Gasteiger partial charge in [0, 0.05) is 23.6 Å². The van der Waals surface area contributed by atoms with E-state index in [0.29, 0.717) is 35.7 Å². The van der Waals surface area contributed by atoms with Gasteiger partial charge in [-0.15, -0.1) is 0 Å². The molecule has 0 fully saturated rings. The van der Waals surface area contributed by atoms with Crippen molar-refractivity contribution in [3.05, 3.63) is 102 Å². The van der Waals surface area contributed by atoms with Crippen LogP contribution >= 0.6 is 45.2 Å². The van der Waals surface area contributed by atoms with Gasteiger partial charge < -0.3 is 34.3 Å². The molecule has 0 unspecified atom stereocenters. The number of hydrogen-bond acceptors (Lipinski definition) is 7. The van der Waals surface area contributed by atoms with Crippen LogP contribution < -0.4 is 18.9 Å². The van der Waals surface area contributed by atoms with E-state index in [-0.39, 0.29) is 29.1 Å². The van der Waals surface area contributed by atoms with Crippen LogP contribution in [0.15, 0.2) is 72.8 Å². The summed E-state index contributed by atoms with van der Waals surface area (Å²) in [5, 5.41) is 31.4. The Bertz CT molecular complexity index is 1640. The molecule has 0 spiro atoms. The lowest BCUT2D eigenvalue weighted by atomic mass is 9.71. The van der Waals surface area contributed by atoms with Gasteiger partial charge in [0.2, 0.25) is 0 Å². The van der Waals surface area contributed by atoms with Crippen molar-refractivity contribution in [1.29, 1.82) is 0 Å². The maximum Gasteiger partial charge on any atom is 0.148 e. The highest BCUT2D eigenvalue weighted by molar-refractivity contribution is 14.1. The second kappa shape index (κ2) is 11.2. The van der Waals surface area contributed by atoms with E-state index in [1.807, 2.05) is 48.5 Å². The number of benzene rings is 4. The summed E-state index contributed by atoms with van der Waals surface area (Å²) in [5.74, 6) is 1.69. The minimum atomic E-state index is -0.560. The molecule has 2 heterocycles. The van der Waals surface area contributed by atoms with Crippen molar-refractivity contribution in [3.8, 4) is 40.2 Å². The lowest BCUT2D eigenvalue weighted by Crippen LogP contribution is -2.40. The average Bonchev–Trinajstić information content (AvgIpc) is 2.99. The number of phenols is 3. The molecule has 210 valence electrons. The number of allylic oxidation sites excluding steroid dienone is 1. The van der Waals surface area contributed by atoms with Gasteiger partial charge in [0.25, 0.3) is 0 Å². The van der Waals surface area contributed by atoms with Crippen molar-refractivity contribution < 1.29 is 34.3 Å². The first kappa shape index (κ1) is 27.8. The third-order valence-electron chi connectivity index (χ3n) is 7.58. The van der Waals surface area contributed by atoms with Crippen molar-refractivity contribution in [1.82, 2.24) is 0 Å².